The fraction of sp³-hybridized carbons (Fsp3) is 0.615. The van der Waals surface area contributed by atoms with E-state index >= 15 is 0 Å². The summed E-state index contributed by atoms with van der Waals surface area (Å²) in [5.74, 6) is 0.240. The van der Waals surface area contributed by atoms with Crippen LogP contribution in [0.2, 0.25) is 0 Å². The van der Waals surface area contributed by atoms with Gasteiger partial charge >= 0.3 is 0 Å². The van der Waals surface area contributed by atoms with Crippen LogP contribution in [0.3, 0.4) is 0 Å². The Morgan fingerprint density at radius 1 is 1.14 bits per heavy atom. The highest BCUT2D eigenvalue weighted by Crippen LogP contribution is 2.26. The SMILES string of the molecule is C/C=C(\C)C(=O)C(C)=C1CCCCC1. The lowest BCUT2D eigenvalue weighted by Crippen LogP contribution is -2.06. The van der Waals surface area contributed by atoms with Gasteiger partial charge in [-0.05, 0) is 57.6 Å². The molecule has 0 heterocycles. The minimum atomic E-state index is 0.240. The number of rotatable bonds is 2. The third kappa shape index (κ3) is 2.57. The highest BCUT2D eigenvalue weighted by molar-refractivity contribution is 6.07. The minimum Gasteiger partial charge on any atom is -0.289 e. The number of carbonyl (C=O) groups is 1. The van der Waals surface area contributed by atoms with Crippen molar-refractivity contribution < 1.29 is 4.79 Å². The summed E-state index contributed by atoms with van der Waals surface area (Å²) in [4.78, 5) is 11.8. The maximum atomic E-state index is 11.8. The van der Waals surface area contributed by atoms with Crippen molar-refractivity contribution in [3.05, 3.63) is 22.8 Å². The Balaban J connectivity index is 2.80. The van der Waals surface area contributed by atoms with Crippen LogP contribution in [0, 0.1) is 0 Å². The molecule has 1 saturated carbocycles. The van der Waals surface area contributed by atoms with Gasteiger partial charge in [0, 0.05) is 0 Å². The van der Waals surface area contributed by atoms with Crippen LogP contribution >= 0.6 is 0 Å². The van der Waals surface area contributed by atoms with Crippen LogP contribution in [0.1, 0.15) is 52.9 Å². The van der Waals surface area contributed by atoms with Gasteiger partial charge in [-0.1, -0.05) is 18.1 Å². The molecule has 0 saturated heterocycles. The fourth-order valence-corrected chi connectivity index (χ4v) is 1.94. The van der Waals surface area contributed by atoms with E-state index in [0.29, 0.717) is 0 Å². The first-order valence-electron chi connectivity index (χ1n) is 5.53. The summed E-state index contributed by atoms with van der Waals surface area (Å²) in [6.45, 7) is 5.80. The van der Waals surface area contributed by atoms with Crippen molar-refractivity contribution in [2.24, 2.45) is 0 Å². The second-order valence-corrected chi connectivity index (χ2v) is 4.09. The number of hydrogen-bond donors (Lipinski definition) is 0. The molecule has 14 heavy (non-hydrogen) atoms. The van der Waals surface area contributed by atoms with Gasteiger partial charge in [0.05, 0.1) is 0 Å². The first kappa shape index (κ1) is 11.2. The lowest BCUT2D eigenvalue weighted by Gasteiger charge is -2.16. The van der Waals surface area contributed by atoms with E-state index in [1.807, 2.05) is 26.8 Å². The molecule has 0 amide bonds. The molecule has 1 nitrogen and oxygen atoms in total. The largest absolute Gasteiger partial charge is 0.289 e. The van der Waals surface area contributed by atoms with E-state index in [2.05, 4.69) is 0 Å². The Morgan fingerprint density at radius 3 is 2.21 bits per heavy atom. The third-order valence-corrected chi connectivity index (χ3v) is 3.12. The van der Waals surface area contributed by atoms with Gasteiger partial charge in [-0.2, -0.15) is 0 Å². The van der Waals surface area contributed by atoms with Crippen molar-refractivity contribution in [1.82, 2.24) is 0 Å². The van der Waals surface area contributed by atoms with Crippen molar-refractivity contribution >= 4 is 5.78 Å². The summed E-state index contributed by atoms with van der Waals surface area (Å²) in [6.07, 6.45) is 8.01. The smallest absolute Gasteiger partial charge is 0.184 e. The molecule has 0 N–H and O–H groups in total. The van der Waals surface area contributed by atoms with E-state index in [0.717, 1.165) is 24.0 Å². The van der Waals surface area contributed by atoms with Crippen LogP contribution in [0.25, 0.3) is 0 Å². The van der Waals surface area contributed by atoms with E-state index in [9.17, 15) is 4.79 Å². The molecule has 1 aliphatic rings. The second kappa shape index (κ2) is 5.14. The van der Waals surface area contributed by atoms with Crippen LogP contribution in [0.5, 0.6) is 0 Å². The zero-order chi connectivity index (χ0) is 10.6. The van der Waals surface area contributed by atoms with Crippen LogP contribution < -0.4 is 0 Å². The first-order valence-corrected chi connectivity index (χ1v) is 5.53. The number of ketones is 1. The van der Waals surface area contributed by atoms with Crippen LogP contribution in [-0.2, 0) is 4.79 Å². The highest BCUT2D eigenvalue weighted by Gasteiger charge is 2.14. The van der Waals surface area contributed by atoms with Crippen molar-refractivity contribution in [3.63, 3.8) is 0 Å². The number of hydrogen-bond acceptors (Lipinski definition) is 1. The Kier molecular flexibility index (Phi) is 4.12. The average Bonchev–Trinajstić information content (AvgIpc) is 2.27. The summed E-state index contributed by atoms with van der Waals surface area (Å²) in [5.41, 5.74) is 3.27. The molecule has 0 spiro atoms. The second-order valence-electron chi connectivity index (χ2n) is 4.09. The Morgan fingerprint density at radius 2 is 1.71 bits per heavy atom. The van der Waals surface area contributed by atoms with Gasteiger partial charge in [0.1, 0.15) is 0 Å². The molecule has 1 fully saturated rings. The zero-order valence-electron chi connectivity index (χ0n) is 9.52. The van der Waals surface area contributed by atoms with Gasteiger partial charge in [0.25, 0.3) is 0 Å². The predicted molar refractivity (Wildman–Crippen MR) is 60.2 cm³/mol. The molecule has 0 aromatic carbocycles. The van der Waals surface area contributed by atoms with Gasteiger partial charge < -0.3 is 0 Å². The fourth-order valence-electron chi connectivity index (χ4n) is 1.94. The standard InChI is InChI=1S/C13H20O/c1-4-10(2)13(14)11(3)12-8-6-5-7-9-12/h4H,5-9H2,1-3H3/b10-4+. The quantitative estimate of drug-likeness (QED) is 0.608. The van der Waals surface area contributed by atoms with Crippen LogP contribution in [-0.4, -0.2) is 5.78 Å². The molecule has 78 valence electrons. The Hall–Kier alpha value is -0.850. The topological polar surface area (TPSA) is 17.1 Å². The van der Waals surface area contributed by atoms with Crippen LogP contribution in [0.4, 0.5) is 0 Å². The van der Waals surface area contributed by atoms with Crippen molar-refractivity contribution in [1.29, 1.82) is 0 Å². The Bertz CT molecular complexity index is 274. The van der Waals surface area contributed by atoms with Crippen molar-refractivity contribution in [3.8, 4) is 0 Å². The first-order chi connectivity index (χ1) is 6.66. The number of allylic oxidation sites excluding steroid dienone is 4. The van der Waals surface area contributed by atoms with Gasteiger partial charge in [0.15, 0.2) is 5.78 Å². The molecular formula is C13H20O. The highest BCUT2D eigenvalue weighted by atomic mass is 16.1. The average molecular weight is 192 g/mol. The van der Waals surface area contributed by atoms with Gasteiger partial charge in [0.2, 0.25) is 0 Å². The van der Waals surface area contributed by atoms with E-state index in [4.69, 9.17) is 0 Å². The molecule has 0 aliphatic heterocycles. The van der Waals surface area contributed by atoms with E-state index in [1.54, 1.807) is 0 Å². The summed E-state index contributed by atoms with van der Waals surface area (Å²) < 4.78 is 0. The molecule has 0 atom stereocenters. The predicted octanol–water partition coefficient (Wildman–Crippen LogP) is 3.80. The normalized spacial score (nSPS) is 18.2. The number of carbonyl (C=O) groups excluding carboxylic acids is 1. The maximum Gasteiger partial charge on any atom is 0.184 e. The van der Waals surface area contributed by atoms with Gasteiger partial charge in [-0.25, -0.2) is 0 Å². The zero-order valence-corrected chi connectivity index (χ0v) is 9.52. The van der Waals surface area contributed by atoms with Crippen LogP contribution in [0.15, 0.2) is 22.8 Å². The summed E-state index contributed by atoms with van der Waals surface area (Å²) in [7, 11) is 0. The lowest BCUT2D eigenvalue weighted by atomic mass is 9.89. The van der Waals surface area contributed by atoms with E-state index in [-0.39, 0.29) is 5.78 Å². The molecule has 1 aliphatic carbocycles. The monoisotopic (exact) mass is 192 g/mol. The molecular weight excluding hydrogens is 172 g/mol. The van der Waals surface area contributed by atoms with Gasteiger partial charge in [-0.3, -0.25) is 4.79 Å². The number of Topliss-reactive ketones (excluding diaryl/α,β-unsaturated/α-hetero) is 1. The molecule has 0 radical (unpaired) electrons. The third-order valence-electron chi connectivity index (χ3n) is 3.12. The van der Waals surface area contributed by atoms with E-state index in [1.165, 1.54) is 24.8 Å². The summed E-state index contributed by atoms with van der Waals surface area (Å²) >= 11 is 0. The minimum absolute atomic E-state index is 0.240. The lowest BCUT2D eigenvalue weighted by molar-refractivity contribution is -0.112. The molecule has 1 rings (SSSR count). The molecule has 0 aromatic rings. The molecule has 1 heteroatoms. The summed E-state index contributed by atoms with van der Waals surface area (Å²) in [6, 6.07) is 0. The Labute approximate surface area is 86.9 Å². The van der Waals surface area contributed by atoms with E-state index < -0.39 is 0 Å². The summed E-state index contributed by atoms with van der Waals surface area (Å²) in [5, 5.41) is 0. The van der Waals surface area contributed by atoms with Crippen molar-refractivity contribution in [2.75, 3.05) is 0 Å². The van der Waals surface area contributed by atoms with Gasteiger partial charge in [-0.15, -0.1) is 0 Å². The molecule has 0 aromatic heterocycles. The molecule has 0 unspecified atom stereocenters. The maximum absolute atomic E-state index is 11.8. The molecule has 0 bridgehead atoms. The van der Waals surface area contributed by atoms with Crippen molar-refractivity contribution in [2.45, 2.75) is 52.9 Å².